The number of fused-ring (bicyclic) bond motifs is 1. The molecule has 0 spiro atoms. The Morgan fingerprint density at radius 2 is 1.68 bits per heavy atom. The Balaban J connectivity index is 1.90. The molecule has 1 N–H and O–H groups in total. The van der Waals surface area contributed by atoms with E-state index < -0.39 is 12.0 Å². The van der Waals surface area contributed by atoms with Gasteiger partial charge < -0.3 is 5.11 Å². The van der Waals surface area contributed by atoms with Crippen LogP contribution in [0.1, 0.15) is 30.0 Å². The molecule has 0 amide bonds. The summed E-state index contributed by atoms with van der Waals surface area (Å²) in [5.41, 5.74) is 2.32. The highest BCUT2D eigenvalue weighted by molar-refractivity contribution is 5.86. The first-order valence-corrected chi connectivity index (χ1v) is 8.77. The molecule has 1 fully saturated rings. The lowest BCUT2D eigenvalue weighted by Gasteiger charge is -2.32. The number of carboxylic acid groups (broad SMARTS) is 1. The molecule has 1 aliphatic rings. The van der Waals surface area contributed by atoms with Crippen LogP contribution in [-0.4, -0.2) is 28.6 Å². The number of carboxylic acids is 1. The number of benzene rings is 3. The second-order valence-electron chi connectivity index (χ2n) is 6.62. The van der Waals surface area contributed by atoms with Gasteiger partial charge in [-0.05, 0) is 34.7 Å². The average molecular weight is 331 g/mol. The highest BCUT2D eigenvalue weighted by atomic mass is 16.4. The minimum atomic E-state index is -0.723. The van der Waals surface area contributed by atoms with Crippen LogP contribution < -0.4 is 0 Å². The topological polar surface area (TPSA) is 40.5 Å². The van der Waals surface area contributed by atoms with E-state index in [1.165, 1.54) is 16.3 Å². The van der Waals surface area contributed by atoms with Crippen molar-refractivity contribution >= 4 is 16.7 Å². The summed E-state index contributed by atoms with van der Waals surface area (Å²) in [7, 11) is 0. The molecule has 1 saturated heterocycles. The van der Waals surface area contributed by atoms with Crippen molar-refractivity contribution in [3.05, 3.63) is 83.9 Å². The van der Waals surface area contributed by atoms with Gasteiger partial charge in [0.05, 0.1) is 6.04 Å². The summed E-state index contributed by atoms with van der Waals surface area (Å²) in [6.07, 6.45) is 1.63. The number of hydrogen-bond acceptors (Lipinski definition) is 2. The van der Waals surface area contributed by atoms with Crippen LogP contribution in [0.4, 0.5) is 0 Å². The third-order valence-corrected chi connectivity index (χ3v) is 5.14. The predicted octanol–water partition coefficient (Wildman–Crippen LogP) is 4.48. The molecule has 1 aliphatic heterocycles. The van der Waals surface area contributed by atoms with E-state index >= 15 is 0 Å². The number of likely N-dealkylation sites (tertiary alicyclic amines) is 1. The van der Waals surface area contributed by atoms with Crippen molar-refractivity contribution < 1.29 is 9.90 Å². The molecule has 0 radical (unpaired) electrons. The van der Waals surface area contributed by atoms with Gasteiger partial charge in [-0.2, -0.15) is 0 Å². The van der Waals surface area contributed by atoms with Gasteiger partial charge in [-0.25, -0.2) is 0 Å². The van der Waals surface area contributed by atoms with Crippen LogP contribution in [0.25, 0.3) is 10.8 Å². The van der Waals surface area contributed by atoms with Crippen molar-refractivity contribution in [1.29, 1.82) is 0 Å². The number of rotatable bonds is 4. The van der Waals surface area contributed by atoms with Gasteiger partial charge in [0.2, 0.25) is 0 Å². The number of nitrogens with zero attached hydrogens (tertiary/aromatic N) is 1. The molecular weight excluding hydrogens is 310 g/mol. The lowest BCUT2D eigenvalue weighted by atomic mass is 9.92. The van der Waals surface area contributed by atoms with Crippen LogP contribution in [-0.2, 0) is 4.79 Å². The third-order valence-electron chi connectivity index (χ3n) is 5.14. The lowest BCUT2D eigenvalue weighted by Crippen LogP contribution is -2.39. The molecule has 0 bridgehead atoms. The summed E-state index contributed by atoms with van der Waals surface area (Å²) in [5.74, 6) is -0.723. The lowest BCUT2D eigenvalue weighted by molar-refractivity contribution is -0.142. The molecule has 4 rings (SSSR count). The maximum absolute atomic E-state index is 11.8. The van der Waals surface area contributed by atoms with E-state index in [1.807, 2.05) is 30.3 Å². The van der Waals surface area contributed by atoms with Gasteiger partial charge in [0.25, 0.3) is 0 Å². The normalized spacial score (nSPS) is 19.1. The van der Waals surface area contributed by atoms with Crippen molar-refractivity contribution in [3.8, 4) is 0 Å². The first-order chi connectivity index (χ1) is 12.3. The molecule has 3 aromatic carbocycles. The highest BCUT2D eigenvalue weighted by Crippen LogP contribution is 2.37. The smallest absolute Gasteiger partial charge is 0.320 e. The zero-order valence-corrected chi connectivity index (χ0v) is 14.0. The van der Waals surface area contributed by atoms with Crippen LogP contribution in [0.3, 0.4) is 0 Å². The maximum atomic E-state index is 11.8. The van der Waals surface area contributed by atoms with Crippen molar-refractivity contribution in [3.63, 3.8) is 0 Å². The van der Waals surface area contributed by atoms with Crippen molar-refractivity contribution in [2.45, 2.75) is 24.9 Å². The highest BCUT2D eigenvalue weighted by Gasteiger charge is 2.37. The van der Waals surface area contributed by atoms with Crippen LogP contribution in [0.15, 0.2) is 72.8 Å². The molecule has 126 valence electrons. The maximum Gasteiger partial charge on any atom is 0.320 e. The Morgan fingerprint density at radius 3 is 2.48 bits per heavy atom. The Kier molecular flexibility index (Phi) is 4.24. The molecule has 25 heavy (non-hydrogen) atoms. The first-order valence-electron chi connectivity index (χ1n) is 8.77. The molecule has 3 nitrogen and oxygen atoms in total. The summed E-state index contributed by atoms with van der Waals surface area (Å²) >= 11 is 0. The van der Waals surface area contributed by atoms with Gasteiger partial charge in [-0.15, -0.1) is 0 Å². The fourth-order valence-corrected chi connectivity index (χ4v) is 4.04. The predicted molar refractivity (Wildman–Crippen MR) is 99.6 cm³/mol. The van der Waals surface area contributed by atoms with Crippen LogP contribution >= 0.6 is 0 Å². The Labute approximate surface area is 147 Å². The summed E-state index contributed by atoms with van der Waals surface area (Å²) < 4.78 is 0. The standard InChI is InChI=1S/C22H21NO2/c24-22(25)20-14-7-15-23(20)21(17-9-2-1-3-10-17)19-13-6-11-16-8-4-5-12-18(16)19/h1-6,8-13,20-21H,7,14-15H2,(H,24,25). The van der Waals surface area contributed by atoms with Gasteiger partial charge in [-0.3, -0.25) is 9.69 Å². The van der Waals surface area contributed by atoms with E-state index in [0.29, 0.717) is 6.42 Å². The summed E-state index contributed by atoms with van der Waals surface area (Å²) in [5, 5.41) is 12.1. The summed E-state index contributed by atoms with van der Waals surface area (Å²) in [6, 6.07) is 24.4. The largest absolute Gasteiger partial charge is 0.480 e. The SMILES string of the molecule is O=C(O)C1CCCN1C(c1ccccc1)c1cccc2ccccc12. The molecule has 2 atom stereocenters. The first kappa shape index (κ1) is 15.9. The molecule has 0 aromatic heterocycles. The van der Waals surface area contributed by atoms with Gasteiger partial charge >= 0.3 is 5.97 Å². The Hall–Kier alpha value is -2.65. The Bertz CT molecular complexity index is 885. The second kappa shape index (κ2) is 6.69. The molecule has 0 aliphatic carbocycles. The summed E-state index contributed by atoms with van der Waals surface area (Å²) in [4.78, 5) is 14.0. The Morgan fingerprint density at radius 1 is 0.960 bits per heavy atom. The molecule has 3 aromatic rings. The molecule has 2 unspecified atom stereocenters. The second-order valence-corrected chi connectivity index (χ2v) is 6.62. The van der Waals surface area contributed by atoms with Gasteiger partial charge in [0.15, 0.2) is 0 Å². The van der Waals surface area contributed by atoms with Gasteiger partial charge in [-0.1, -0.05) is 72.8 Å². The molecule has 3 heteroatoms. The van der Waals surface area contributed by atoms with Crippen LogP contribution in [0.2, 0.25) is 0 Å². The van der Waals surface area contributed by atoms with E-state index in [9.17, 15) is 9.90 Å². The monoisotopic (exact) mass is 331 g/mol. The van der Waals surface area contributed by atoms with Crippen molar-refractivity contribution in [2.24, 2.45) is 0 Å². The number of hydrogen-bond donors (Lipinski definition) is 1. The van der Waals surface area contributed by atoms with E-state index in [1.54, 1.807) is 0 Å². The number of aliphatic carboxylic acids is 1. The van der Waals surface area contributed by atoms with Gasteiger partial charge in [0.1, 0.15) is 6.04 Å². The van der Waals surface area contributed by atoms with E-state index in [2.05, 4.69) is 47.4 Å². The molecule has 1 heterocycles. The van der Waals surface area contributed by atoms with E-state index in [0.717, 1.165) is 18.5 Å². The zero-order valence-electron chi connectivity index (χ0n) is 14.0. The minimum Gasteiger partial charge on any atom is -0.480 e. The van der Waals surface area contributed by atoms with Crippen LogP contribution in [0.5, 0.6) is 0 Å². The fraction of sp³-hybridized carbons (Fsp3) is 0.227. The minimum absolute atomic E-state index is 0.0455. The zero-order chi connectivity index (χ0) is 17.2. The quantitative estimate of drug-likeness (QED) is 0.766. The molecular formula is C22H21NO2. The van der Waals surface area contributed by atoms with E-state index in [-0.39, 0.29) is 6.04 Å². The van der Waals surface area contributed by atoms with E-state index in [4.69, 9.17) is 0 Å². The van der Waals surface area contributed by atoms with Crippen molar-refractivity contribution in [1.82, 2.24) is 4.90 Å². The van der Waals surface area contributed by atoms with Crippen LogP contribution in [0, 0.1) is 0 Å². The molecule has 0 saturated carbocycles. The van der Waals surface area contributed by atoms with Gasteiger partial charge in [0, 0.05) is 6.54 Å². The third kappa shape index (κ3) is 2.92. The summed E-state index contributed by atoms with van der Waals surface area (Å²) in [6.45, 7) is 0.805. The van der Waals surface area contributed by atoms with Crippen molar-refractivity contribution in [2.75, 3.05) is 6.54 Å². The fourth-order valence-electron chi connectivity index (χ4n) is 4.04. The number of carbonyl (C=O) groups is 1. The average Bonchev–Trinajstić information content (AvgIpc) is 3.13.